The molecule has 1 heterocycles. The molecule has 0 spiro atoms. The summed E-state index contributed by atoms with van der Waals surface area (Å²) in [5, 5.41) is 8.65. The molecular formula is C12H6FN2. The van der Waals surface area contributed by atoms with E-state index in [9.17, 15) is 4.39 Å². The predicted molar refractivity (Wildman–Crippen MR) is 53.2 cm³/mol. The lowest BCUT2D eigenvalue weighted by Crippen LogP contribution is -1.91. The minimum Gasteiger partial charge on any atom is -0.252 e. The molecule has 0 atom stereocenters. The third-order valence-electron chi connectivity index (χ3n) is 2.01. The number of pyridine rings is 1. The van der Waals surface area contributed by atoms with Gasteiger partial charge in [0.15, 0.2) is 5.82 Å². The highest BCUT2D eigenvalue weighted by atomic mass is 19.1. The van der Waals surface area contributed by atoms with Crippen molar-refractivity contribution in [3.63, 3.8) is 0 Å². The number of hydrogen-bond donors (Lipinski definition) is 0. The van der Waals surface area contributed by atoms with E-state index in [1.807, 2.05) is 6.07 Å². The average Bonchev–Trinajstić information content (AvgIpc) is 2.30. The number of nitrogens with zero attached hydrogens (tertiary/aromatic N) is 2. The quantitative estimate of drug-likeness (QED) is 0.704. The Morgan fingerprint density at radius 1 is 1.27 bits per heavy atom. The van der Waals surface area contributed by atoms with Crippen molar-refractivity contribution in [2.45, 2.75) is 0 Å². The van der Waals surface area contributed by atoms with E-state index in [2.05, 4.69) is 11.2 Å². The third-order valence-corrected chi connectivity index (χ3v) is 2.01. The van der Waals surface area contributed by atoms with Crippen LogP contribution in [0.5, 0.6) is 0 Å². The van der Waals surface area contributed by atoms with Gasteiger partial charge in [0, 0.05) is 11.8 Å². The van der Waals surface area contributed by atoms with E-state index in [1.54, 1.807) is 30.3 Å². The highest BCUT2D eigenvalue weighted by molar-refractivity contribution is 5.64. The molecule has 71 valence electrons. The first-order chi connectivity index (χ1) is 7.33. The average molecular weight is 197 g/mol. The maximum Gasteiger partial charge on any atom is 0.152 e. The summed E-state index contributed by atoms with van der Waals surface area (Å²) in [6.07, 6.45) is 3.72. The summed E-state index contributed by atoms with van der Waals surface area (Å²) in [5.74, 6) is -0.571. The molecule has 0 aliphatic rings. The van der Waals surface area contributed by atoms with Gasteiger partial charge in [-0.1, -0.05) is 30.3 Å². The maximum atomic E-state index is 13.7. The largest absolute Gasteiger partial charge is 0.252 e. The monoisotopic (exact) mass is 197 g/mol. The van der Waals surface area contributed by atoms with Crippen LogP contribution in [0.4, 0.5) is 4.39 Å². The first kappa shape index (κ1) is 9.35. The van der Waals surface area contributed by atoms with Crippen LogP contribution >= 0.6 is 0 Å². The molecule has 2 aromatic rings. The zero-order valence-electron chi connectivity index (χ0n) is 7.74. The van der Waals surface area contributed by atoms with Crippen LogP contribution in [-0.2, 0) is 0 Å². The first-order valence-corrected chi connectivity index (χ1v) is 4.34. The van der Waals surface area contributed by atoms with Gasteiger partial charge in [-0.2, -0.15) is 5.26 Å². The molecule has 1 radical (unpaired) electrons. The lowest BCUT2D eigenvalue weighted by molar-refractivity contribution is 0.625. The van der Waals surface area contributed by atoms with E-state index >= 15 is 0 Å². The Morgan fingerprint density at radius 2 is 2.00 bits per heavy atom. The molecule has 0 unspecified atom stereocenters. The van der Waals surface area contributed by atoms with Gasteiger partial charge in [-0.05, 0) is 5.56 Å². The fourth-order valence-corrected chi connectivity index (χ4v) is 1.28. The lowest BCUT2D eigenvalue weighted by Gasteiger charge is -2.02. The van der Waals surface area contributed by atoms with Gasteiger partial charge in [-0.15, -0.1) is 0 Å². The number of nitriles is 1. The van der Waals surface area contributed by atoms with Crippen LogP contribution in [0, 0.1) is 23.3 Å². The molecule has 2 rings (SSSR count). The van der Waals surface area contributed by atoms with Gasteiger partial charge >= 0.3 is 0 Å². The van der Waals surface area contributed by atoms with E-state index in [1.165, 1.54) is 6.20 Å². The van der Waals surface area contributed by atoms with Crippen LogP contribution in [-0.4, -0.2) is 4.98 Å². The molecule has 0 N–H and O–H groups in total. The summed E-state index contributed by atoms with van der Waals surface area (Å²) in [6.45, 7) is 0. The SMILES string of the molecule is N#Cc1cn[c]c(-c2ccccc2)c1F. The second kappa shape index (κ2) is 3.89. The normalized spacial score (nSPS) is 9.60. The van der Waals surface area contributed by atoms with E-state index in [0.717, 1.165) is 0 Å². The van der Waals surface area contributed by atoms with Crippen LogP contribution < -0.4 is 0 Å². The van der Waals surface area contributed by atoms with Gasteiger partial charge in [0.05, 0.1) is 0 Å². The molecule has 3 heteroatoms. The molecule has 0 aliphatic heterocycles. The van der Waals surface area contributed by atoms with Crippen LogP contribution in [0.1, 0.15) is 5.56 Å². The summed E-state index contributed by atoms with van der Waals surface area (Å²) in [6, 6.07) is 10.7. The van der Waals surface area contributed by atoms with Gasteiger partial charge in [-0.25, -0.2) is 4.39 Å². The summed E-state index contributed by atoms with van der Waals surface area (Å²) < 4.78 is 13.7. The number of halogens is 1. The fraction of sp³-hybridized carbons (Fsp3) is 0. The molecule has 0 bridgehead atoms. The predicted octanol–water partition coefficient (Wildman–Crippen LogP) is 2.56. The standard InChI is InChI=1S/C12H6FN2/c13-12-10(6-14)7-15-8-11(12)9-4-2-1-3-5-9/h1-5,7H. The molecular weight excluding hydrogens is 191 g/mol. The number of aromatic nitrogens is 1. The second-order valence-electron chi connectivity index (χ2n) is 2.95. The molecule has 0 amide bonds. The van der Waals surface area contributed by atoms with Crippen molar-refractivity contribution in [2.75, 3.05) is 0 Å². The van der Waals surface area contributed by atoms with Gasteiger partial charge in [0.1, 0.15) is 17.8 Å². The van der Waals surface area contributed by atoms with Crippen molar-refractivity contribution in [3.8, 4) is 17.2 Å². The van der Waals surface area contributed by atoms with Crippen LogP contribution in [0.3, 0.4) is 0 Å². The molecule has 1 aromatic heterocycles. The Bertz CT molecular complexity index is 515. The fourth-order valence-electron chi connectivity index (χ4n) is 1.28. The minimum atomic E-state index is -0.571. The highest BCUT2D eigenvalue weighted by Crippen LogP contribution is 2.22. The summed E-state index contributed by atoms with van der Waals surface area (Å²) in [4.78, 5) is 3.71. The zero-order valence-corrected chi connectivity index (χ0v) is 7.74. The van der Waals surface area contributed by atoms with E-state index in [4.69, 9.17) is 5.26 Å². The smallest absolute Gasteiger partial charge is 0.152 e. The van der Waals surface area contributed by atoms with Crippen molar-refractivity contribution in [1.29, 1.82) is 5.26 Å². The Labute approximate surface area is 86.6 Å². The van der Waals surface area contributed by atoms with Crippen LogP contribution in [0.15, 0.2) is 36.5 Å². The van der Waals surface area contributed by atoms with E-state index in [0.29, 0.717) is 5.56 Å². The Morgan fingerprint density at radius 3 is 2.67 bits per heavy atom. The minimum absolute atomic E-state index is 0.0624. The first-order valence-electron chi connectivity index (χ1n) is 4.34. The van der Waals surface area contributed by atoms with Crippen LogP contribution in [0.2, 0.25) is 0 Å². The molecule has 1 aromatic carbocycles. The lowest BCUT2D eigenvalue weighted by atomic mass is 10.1. The van der Waals surface area contributed by atoms with Gasteiger partial charge in [-0.3, -0.25) is 4.98 Å². The van der Waals surface area contributed by atoms with Crippen molar-refractivity contribution in [2.24, 2.45) is 0 Å². The summed E-state index contributed by atoms with van der Waals surface area (Å²) >= 11 is 0. The van der Waals surface area contributed by atoms with Crippen molar-refractivity contribution in [3.05, 3.63) is 54.1 Å². The molecule has 0 fully saturated rings. The van der Waals surface area contributed by atoms with E-state index < -0.39 is 5.82 Å². The van der Waals surface area contributed by atoms with Gasteiger partial charge in [0.2, 0.25) is 0 Å². The number of hydrogen-bond acceptors (Lipinski definition) is 2. The maximum absolute atomic E-state index is 13.7. The Balaban J connectivity index is 2.61. The molecule has 2 nitrogen and oxygen atoms in total. The Kier molecular flexibility index (Phi) is 2.42. The molecule has 15 heavy (non-hydrogen) atoms. The van der Waals surface area contributed by atoms with Crippen molar-refractivity contribution in [1.82, 2.24) is 4.98 Å². The van der Waals surface area contributed by atoms with Gasteiger partial charge < -0.3 is 0 Å². The van der Waals surface area contributed by atoms with Crippen LogP contribution in [0.25, 0.3) is 11.1 Å². The molecule has 0 aliphatic carbocycles. The van der Waals surface area contributed by atoms with E-state index in [-0.39, 0.29) is 11.1 Å². The zero-order chi connectivity index (χ0) is 10.7. The second-order valence-corrected chi connectivity index (χ2v) is 2.95. The summed E-state index contributed by atoms with van der Waals surface area (Å²) in [7, 11) is 0. The number of benzene rings is 1. The summed E-state index contributed by atoms with van der Waals surface area (Å²) in [5.41, 5.74) is 0.835. The van der Waals surface area contributed by atoms with Gasteiger partial charge in [0.25, 0.3) is 0 Å². The third kappa shape index (κ3) is 1.70. The highest BCUT2D eigenvalue weighted by Gasteiger charge is 2.09. The van der Waals surface area contributed by atoms with Crippen molar-refractivity contribution < 1.29 is 4.39 Å². The topological polar surface area (TPSA) is 36.7 Å². The van der Waals surface area contributed by atoms with Crippen molar-refractivity contribution >= 4 is 0 Å². The molecule has 0 saturated heterocycles. The molecule has 0 saturated carbocycles. The number of rotatable bonds is 1. The Hall–Kier alpha value is -2.21.